The van der Waals surface area contributed by atoms with E-state index in [-0.39, 0.29) is 6.79 Å². The largest absolute Gasteiger partial charge is 0.497 e. The predicted molar refractivity (Wildman–Crippen MR) is 97.9 cm³/mol. The van der Waals surface area contributed by atoms with Crippen molar-refractivity contribution in [1.82, 2.24) is 4.98 Å². The summed E-state index contributed by atoms with van der Waals surface area (Å²) in [5, 5.41) is 6.93. The number of ether oxygens (including phenoxy) is 3. The Kier molecular flexibility index (Phi) is 4.22. The molecule has 0 amide bonds. The van der Waals surface area contributed by atoms with Crippen molar-refractivity contribution in [1.29, 1.82) is 0 Å². The van der Waals surface area contributed by atoms with Gasteiger partial charge in [-0.25, -0.2) is 4.98 Å². The molecule has 0 saturated heterocycles. The fourth-order valence-electron chi connectivity index (χ4n) is 2.45. The summed E-state index contributed by atoms with van der Waals surface area (Å²) in [7, 11) is 1.65. The van der Waals surface area contributed by atoms with Gasteiger partial charge in [0, 0.05) is 16.5 Å². The van der Waals surface area contributed by atoms with Crippen molar-refractivity contribution in [2.24, 2.45) is 5.10 Å². The Bertz CT molecular complexity index is 923. The highest BCUT2D eigenvalue weighted by atomic mass is 32.1. The summed E-state index contributed by atoms with van der Waals surface area (Å²) < 4.78 is 16.0. The lowest BCUT2D eigenvalue weighted by Crippen LogP contribution is -1.95. The summed E-state index contributed by atoms with van der Waals surface area (Å²) in [4.78, 5) is 4.54. The van der Waals surface area contributed by atoms with Gasteiger partial charge in [-0.3, -0.25) is 5.43 Å². The third kappa shape index (κ3) is 3.27. The van der Waals surface area contributed by atoms with Gasteiger partial charge in [-0.1, -0.05) is 18.2 Å². The third-order valence-corrected chi connectivity index (χ3v) is 4.41. The van der Waals surface area contributed by atoms with E-state index in [4.69, 9.17) is 14.2 Å². The normalized spacial score (nSPS) is 12.5. The Labute approximate surface area is 148 Å². The van der Waals surface area contributed by atoms with Crippen LogP contribution in [-0.2, 0) is 0 Å². The number of rotatable bonds is 5. The number of hydrazone groups is 1. The highest BCUT2D eigenvalue weighted by Gasteiger charge is 2.15. The number of methoxy groups -OCH3 is 1. The van der Waals surface area contributed by atoms with Crippen LogP contribution in [-0.4, -0.2) is 25.1 Å². The summed E-state index contributed by atoms with van der Waals surface area (Å²) in [6, 6.07) is 13.5. The van der Waals surface area contributed by atoms with Crippen molar-refractivity contribution < 1.29 is 14.2 Å². The Balaban J connectivity index is 1.47. The number of nitrogens with zero attached hydrogens (tertiary/aromatic N) is 2. The van der Waals surface area contributed by atoms with E-state index in [0.717, 1.165) is 28.3 Å². The van der Waals surface area contributed by atoms with E-state index >= 15 is 0 Å². The van der Waals surface area contributed by atoms with Crippen molar-refractivity contribution in [3.8, 4) is 28.5 Å². The number of aromatic nitrogens is 1. The molecule has 1 aliphatic rings. The van der Waals surface area contributed by atoms with Gasteiger partial charge in [0.1, 0.15) is 5.75 Å². The maximum absolute atomic E-state index is 5.45. The Morgan fingerprint density at radius 3 is 3.08 bits per heavy atom. The molecule has 0 spiro atoms. The third-order valence-electron chi connectivity index (χ3n) is 3.66. The molecule has 0 fully saturated rings. The van der Waals surface area contributed by atoms with Gasteiger partial charge in [-0.2, -0.15) is 5.10 Å². The lowest BCUT2D eigenvalue weighted by Gasteiger charge is -2.01. The van der Waals surface area contributed by atoms with Crippen LogP contribution < -0.4 is 19.6 Å². The van der Waals surface area contributed by atoms with Crippen LogP contribution in [0.4, 0.5) is 5.13 Å². The average Bonchev–Trinajstić information content (AvgIpc) is 3.31. The van der Waals surface area contributed by atoms with Crippen LogP contribution in [0.25, 0.3) is 11.3 Å². The molecule has 0 atom stereocenters. The van der Waals surface area contributed by atoms with Gasteiger partial charge >= 0.3 is 0 Å². The summed E-state index contributed by atoms with van der Waals surface area (Å²) in [6.45, 7) is 0.240. The molecule has 7 heteroatoms. The van der Waals surface area contributed by atoms with Crippen LogP contribution in [0.2, 0.25) is 0 Å². The van der Waals surface area contributed by atoms with E-state index < -0.39 is 0 Å². The summed E-state index contributed by atoms with van der Waals surface area (Å²) in [5.74, 6) is 2.25. The topological polar surface area (TPSA) is 65.0 Å². The van der Waals surface area contributed by atoms with Gasteiger partial charge in [0.05, 0.1) is 19.0 Å². The molecule has 25 heavy (non-hydrogen) atoms. The molecule has 2 heterocycles. The van der Waals surface area contributed by atoms with Crippen LogP contribution in [0.5, 0.6) is 17.2 Å². The van der Waals surface area contributed by atoms with Gasteiger partial charge in [-0.15, -0.1) is 11.3 Å². The second kappa shape index (κ2) is 6.82. The molecular weight excluding hydrogens is 338 g/mol. The van der Waals surface area contributed by atoms with Crippen molar-refractivity contribution in [2.75, 3.05) is 19.3 Å². The first-order valence-corrected chi connectivity index (χ1v) is 8.49. The zero-order chi connectivity index (χ0) is 17.1. The van der Waals surface area contributed by atoms with E-state index in [0.29, 0.717) is 10.9 Å². The number of hydrogen-bond acceptors (Lipinski definition) is 7. The molecule has 3 aromatic rings. The molecule has 0 radical (unpaired) electrons. The maximum Gasteiger partial charge on any atom is 0.231 e. The van der Waals surface area contributed by atoms with Crippen molar-refractivity contribution in [2.45, 2.75) is 0 Å². The molecule has 0 saturated carbocycles. The monoisotopic (exact) mass is 353 g/mol. The summed E-state index contributed by atoms with van der Waals surface area (Å²) in [6.07, 6.45) is 1.69. The highest BCUT2D eigenvalue weighted by molar-refractivity contribution is 7.14. The van der Waals surface area contributed by atoms with Gasteiger partial charge in [0.15, 0.2) is 11.5 Å². The van der Waals surface area contributed by atoms with E-state index in [1.165, 1.54) is 11.3 Å². The standard InChI is InChI=1S/C18H15N3O3S/c1-22-14-6-2-4-12(8-14)15-10-25-18(20-15)21-19-9-13-5-3-7-16-17(13)24-11-23-16/h2-10H,11H2,1H3,(H,20,21)/b19-9+. The van der Waals surface area contributed by atoms with E-state index in [9.17, 15) is 0 Å². The number of fused-ring (bicyclic) bond motifs is 1. The lowest BCUT2D eigenvalue weighted by molar-refractivity contribution is 0.174. The second-order valence-electron chi connectivity index (χ2n) is 5.22. The molecule has 2 aromatic carbocycles. The number of benzene rings is 2. The first-order chi connectivity index (χ1) is 12.3. The van der Waals surface area contributed by atoms with E-state index in [1.54, 1.807) is 13.3 Å². The Morgan fingerprint density at radius 1 is 1.24 bits per heavy atom. The minimum Gasteiger partial charge on any atom is -0.497 e. The highest BCUT2D eigenvalue weighted by Crippen LogP contribution is 2.34. The van der Waals surface area contributed by atoms with Gasteiger partial charge in [0.2, 0.25) is 11.9 Å². The van der Waals surface area contributed by atoms with Crippen LogP contribution in [0.1, 0.15) is 5.56 Å². The second-order valence-corrected chi connectivity index (χ2v) is 6.08. The SMILES string of the molecule is COc1cccc(-c2csc(N/N=C/c3cccc4c3OCO4)n2)c1. The summed E-state index contributed by atoms with van der Waals surface area (Å²) in [5.41, 5.74) is 5.68. The number of thiazole rings is 1. The molecule has 1 aromatic heterocycles. The van der Waals surface area contributed by atoms with E-state index in [1.807, 2.05) is 47.8 Å². The fourth-order valence-corrected chi connectivity index (χ4v) is 3.12. The van der Waals surface area contributed by atoms with Crippen molar-refractivity contribution >= 4 is 22.7 Å². The zero-order valence-corrected chi connectivity index (χ0v) is 14.2. The van der Waals surface area contributed by atoms with Crippen molar-refractivity contribution in [3.05, 3.63) is 53.4 Å². The predicted octanol–water partition coefficient (Wildman–Crippen LogP) is 3.99. The molecule has 1 N–H and O–H groups in total. The first kappa shape index (κ1) is 15.5. The van der Waals surface area contributed by atoms with Crippen LogP contribution in [0, 0.1) is 0 Å². The molecule has 126 valence electrons. The minimum absolute atomic E-state index is 0.240. The Hall–Kier alpha value is -3.06. The smallest absolute Gasteiger partial charge is 0.231 e. The molecule has 1 aliphatic heterocycles. The molecule has 6 nitrogen and oxygen atoms in total. The van der Waals surface area contributed by atoms with Gasteiger partial charge in [0.25, 0.3) is 0 Å². The van der Waals surface area contributed by atoms with Crippen LogP contribution in [0.3, 0.4) is 0 Å². The number of hydrogen-bond donors (Lipinski definition) is 1. The molecule has 0 aliphatic carbocycles. The number of nitrogens with one attached hydrogen (secondary N) is 1. The fraction of sp³-hybridized carbons (Fsp3) is 0.111. The average molecular weight is 353 g/mol. The zero-order valence-electron chi connectivity index (χ0n) is 13.4. The Morgan fingerprint density at radius 2 is 2.16 bits per heavy atom. The molecule has 0 unspecified atom stereocenters. The van der Waals surface area contributed by atoms with E-state index in [2.05, 4.69) is 15.5 Å². The van der Waals surface area contributed by atoms with Crippen molar-refractivity contribution in [3.63, 3.8) is 0 Å². The minimum atomic E-state index is 0.240. The van der Waals surface area contributed by atoms with Crippen LogP contribution in [0.15, 0.2) is 52.9 Å². The quantitative estimate of drug-likeness (QED) is 0.555. The number of anilines is 1. The van der Waals surface area contributed by atoms with Crippen LogP contribution >= 0.6 is 11.3 Å². The molecule has 4 rings (SSSR count). The van der Waals surface area contributed by atoms with Gasteiger partial charge < -0.3 is 14.2 Å². The molecule has 0 bridgehead atoms. The lowest BCUT2D eigenvalue weighted by atomic mass is 10.2. The maximum atomic E-state index is 5.45. The molecular formula is C18H15N3O3S. The van der Waals surface area contributed by atoms with Gasteiger partial charge in [-0.05, 0) is 24.3 Å². The first-order valence-electron chi connectivity index (χ1n) is 7.61. The summed E-state index contributed by atoms with van der Waals surface area (Å²) >= 11 is 1.49. The number of para-hydroxylation sites is 1.